The van der Waals surface area contributed by atoms with Crippen LogP contribution in [0.4, 0.5) is 13.2 Å². The van der Waals surface area contributed by atoms with Gasteiger partial charge in [-0.25, -0.2) is 0 Å². The van der Waals surface area contributed by atoms with Gasteiger partial charge in [0.15, 0.2) is 0 Å². The van der Waals surface area contributed by atoms with Crippen molar-refractivity contribution >= 4 is 23.5 Å². The molecule has 2 fully saturated rings. The van der Waals surface area contributed by atoms with Gasteiger partial charge in [0.1, 0.15) is 0 Å². The first-order chi connectivity index (χ1) is 12.7. The fourth-order valence-electron chi connectivity index (χ4n) is 3.84. The summed E-state index contributed by atoms with van der Waals surface area (Å²) in [5.41, 5.74) is -2.31. The molecule has 5 nitrogen and oxygen atoms in total. The number of aliphatic hydroxyl groups is 1. The molecular weight excluding hydrogens is 372 g/mol. The van der Waals surface area contributed by atoms with Crippen molar-refractivity contribution in [3.05, 3.63) is 23.9 Å². The smallest absolute Gasteiger partial charge is 0.399 e. The van der Waals surface area contributed by atoms with E-state index in [0.29, 0.717) is 18.3 Å². The Hall–Kier alpha value is -1.58. The first kappa shape index (κ1) is 19.7. The predicted octanol–water partition coefficient (Wildman–Crippen LogP) is 3.44. The van der Waals surface area contributed by atoms with Crippen LogP contribution in [0.3, 0.4) is 0 Å². The van der Waals surface area contributed by atoms with Gasteiger partial charge in [0.05, 0.1) is 33.9 Å². The molecule has 1 saturated heterocycles. The summed E-state index contributed by atoms with van der Waals surface area (Å²) < 4.78 is 54.7. The lowest BCUT2D eigenvalue weighted by molar-refractivity contribution is -0.136. The maximum absolute atomic E-state index is 13.8. The van der Waals surface area contributed by atoms with E-state index in [1.807, 2.05) is 27.7 Å². The summed E-state index contributed by atoms with van der Waals surface area (Å²) in [6.07, 6.45) is -2.18. The van der Waals surface area contributed by atoms with Crippen molar-refractivity contribution in [1.29, 1.82) is 0 Å². The highest BCUT2D eigenvalue weighted by atomic mass is 19.4. The van der Waals surface area contributed by atoms with Crippen molar-refractivity contribution in [2.45, 2.75) is 76.5 Å². The molecule has 9 heteroatoms. The molecule has 152 valence electrons. The Kier molecular flexibility index (Phi) is 4.04. The van der Waals surface area contributed by atoms with Crippen LogP contribution < -0.4 is 5.46 Å². The SMILES string of the molecule is CC1(O)CC(n2cc3c(C(F)(F)F)cc(B4OC(C)(C)C(C)(C)O4)cc3n2)C1. The molecule has 2 aromatic rings. The molecule has 1 aromatic heterocycles. The molecule has 0 spiro atoms. The maximum Gasteiger partial charge on any atom is 0.494 e. The molecular formula is C19H24BF3N2O3. The molecule has 1 saturated carbocycles. The topological polar surface area (TPSA) is 56.5 Å². The van der Waals surface area contributed by atoms with Crippen molar-refractivity contribution in [3.8, 4) is 0 Å². The van der Waals surface area contributed by atoms with Crippen LogP contribution in [0.5, 0.6) is 0 Å². The van der Waals surface area contributed by atoms with Crippen LogP contribution in [-0.2, 0) is 15.5 Å². The van der Waals surface area contributed by atoms with Crippen molar-refractivity contribution < 1.29 is 27.6 Å². The average molecular weight is 396 g/mol. The van der Waals surface area contributed by atoms with E-state index in [4.69, 9.17) is 9.31 Å². The van der Waals surface area contributed by atoms with Crippen LogP contribution in [-0.4, -0.2) is 38.8 Å². The number of fused-ring (bicyclic) bond motifs is 1. The molecule has 2 aliphatic rings. The quantitative estimate of drug-likeness (QED) is 0.791. The lowest BCUT2D eigenvalue weighted by Crippen LogP contribution is -2.42. The third-order valence-corrected chi connectivity index (χ3v) is 6.22. The van der Waals surface area contributed by atoms with Crippen LogP contribution in [0.25, 0.3) is 10.9 Å². The summed E-state index contributed by atoms with van der Waals surface area (Å²) in [5.74, 6) is 0. The van der Waals surface area contributed by atoms with Crippen LogP contribution in [0.15, 0.2) is 18.3 Å². The second-order valence-electron chi connectivity index (χ2n) is 9.26. The third kappa shape index (κ3) is 3.13. The minimum Gasteiger partial charge on any atom is -0.399 e. The molecule has 0 unspecified atom stereocenters. The molecule has 28 heavy (non-hydrogen) atoms. The minimum atomic E-state index is -4.53. The predicted molar refractivity (Wildman–Crippen MR) is 99.3 cm³/mol. The summed E-state index contributed by atoms with van der Waals surface area (Å²) in [4.78, 5) is 0. The van der Waals surface area contributed by atoms with Gasteiger partial charge in [0.25, 0.3) is 0 Å². The van der Waals surface area contributed by atoms with Gasteiger partial charge in [-0.05, 0) is 65.1 Å². The van der Waals surface area contributed by atoms with Crippen LogP contribution in [0, 0.1) is 0 Å². The largest absolute Gasteiger partial charge is 0.494 e. The van der Waals surface area contributed by atoms with Gasteiger partial charge < -0.3 is 14.4 Å². The zero-order valence-corrected chi connectivity index (χ0v) is 16.6. The molecule has 1 aliphatic carbocycles. The lowest BCUT2D eigenvalue weighted by Gasteiger charge is -2.40. The van der Waals surface area contributed by atoms with Gasteiger partial charge in [-0.3, -0.25) is 4.68 Å². The van der Waals surface area contributed by atoms with E-state index in [2.05, 4.69) is 5.10 Å². The highest BCUT2D eigenvalue weighted by Gasteiger charge is 2.52. The van der Waals surface area contributed by atoms with Crippen molar-refractivity contribution in [2.75, 3.05) is 0 Å². The van der Waals surface area contributed by atoms with Crippen LogP contribution in [0.1, 0.15) is 59.1 Å². The second kappa shape index (κ2) is 5.74. The Morgan fingerprint density at radius 1 is 1.11 bits per heavy atom. The van der Waals surface area contributed by atoms with Gasteiger partial charge in [0.2, 0.25) is 0 Å². The molecule has 0 atom stereocenters. The van der Waals surface area contributed by atoms with Gasteiger partial charge in [-0.2, -0.15) is 18.3 Å². The number of alkyl halides is 3. The monoisotopic (exact) mass is 396 g/mol. The van der Waals surface area contributed by atoms with E-state index < -0.39 is 35.7 Å². The van der Waals surface area contributed by atoms with Crippen molar-refractivity contribution in [1.82, 2.24) is 9.78 Å². The third-order valence-electron chi connectivity index (χ3n) is 6.22. The van der Waals surface area contributed by atoms with Gasteiger partial charge in [-0.1, -0.05) is 0 Å². The fourth-order valence-corrected chi connectivity index (χ4v) is 3.84. The summed E-state index contributed by atoms with van der Waals surface area (Å²) in [6, 6.07) is 2.58. The van der Waals surface area contributed by atoms with E-state index in [1.165, 1.54) is 10.9 Å². The summed E-state index contributed by atoms with van der Waals surface area (Å²) in [6.45, 7) is 9.13. The molecule has 1 N–H and O–H groups in total. The Labute approximate surface area is 161 Å². The van der Waals surface area contributed by atoms with E-state index in [0.717, 1.165) is 6.07 Å². The average Bonchev–Trinajstić information content (AvgIpc) is 3.01. The highest BCUT2D eigenvalue weighted by Crippen LogP contribution is 2.42. The lowest BCUT2D eigenvalue weighted by atomic mass is 9.77. The number of rotatable bonds is 2. The Balaban J connectivity index is 1.77. The number of aromatic nitrogens is 2. The number of halogens is 3. The molecule has 0 amide bonds. The van der Waals surface area contributed by atoms with E-state index in [9.17, 15) is 18.3 Å². The van der Waals surface area contributed by atoms with Crippen molar-refractivity contribution in [2.24, 2.45) is 0 Å². The first-order valence-electron chi connectivity index (χ1n) is 9.37. The number of hydrogen-bond donors (Lipinski definition) is 1. The maximum atomic E-state index is 13.8. The minimum absolute atomic E-state index is 0.0410. The van der Waals surface area contributed by atoms with E-state index >= 15 is 0 Å². The van der Waals surface area contributed by atoms with Gasteiger partial charge in [-0.15, -0.1) is 0 Å². The normalized spacial score (nSPS) is 29.3. The Bertz CT molecular complexity index is 912. The van der Waals surface area contributed by atoms with Crippen LogP contribution >= 0.6 is 0 Å². The zero-order valence-electron chi connectivity index (χ0n) is 16.6. The van der Waals surface area contributed by atoms with Crippen molar-refractivity contribution in [3.63, 3.8) is 0 Å². The Morgan fingerprint density at radius 3 is 2.18 bits per heavy atom. The van der Waals surface area contributed by atoms with Crippen LogP contribution in [0.2, 0.25) is 0 Å². The molecule has 0 bridgehead atoms. The molecule has 1 aliphatic heterocycles. The Morgan fingerprint density at radius 2 is 1.68 bits per heavy atom. The standard InChI is InChI=1S/C19H24BF3N2O3/c1-16(2)17(3,4)28-20(27-16)11-6-14(19(21,22)23)13-10-25(24-15(13)7-11)12-8-18(5,26)9-12/h6-7,10,12,26H,8-9H2,1-5H3. The fraction of sp³-hybridized carbons (Fsp3) is 0.632. The first-order valence-corrected chi connectivity index (χ1v) is 9.37. The molecule has 0 radical (unpaired) electrons. The number of nitrogens with zero attached hydrogens (tertiary/aromatic N) is 2. The van der Waals surface area contributed by atoms with Gasteiger partial charge in [0, 0.05) is 11.6 Å². The van der Waals surface area contributed by atoms with Gasteiger partial charge >= 0.3 is 13.3 Å². The molecule has 2 heterocycles. The van der Waals surface area contributed by atoms with E-state index in [1.54, 1.807) is 13.0 Å². The summed E-state index contributed by atoms with van der Waals surface area (Å²) >= 11 is 0. The zero-order chi connectivity index (χ0) is 20.7. The number of hydrogen-bond acceptors (Lipinski definition) is 4. The number of benzene rings is 1. The second-order valence-corrected chi connectivity index (χ2v) is 9.26. The molecule has 1 aromatic carbocycles. The molecule has 4 rings (SSSR count). The summed E-state index contributed by atoms with van der Waals surface area (Å²) in [5, 5.41) is 14.3. The summed E-state index contributed by atoms with van der Waals surface area (Å²) in [7, 11) is -0.898. The van der Waals surface area contributed by atoms with E-state index in [-0.39, 0.29) is 16.9 Å². The highest BCUT2D eigenvalue weighted by molar-refractivity contribution is 6.62.